The predicted octanol–water partition coefficient (Wildman–Crippen LogP) is 2.79. The number of thioether (sulfide) groups is 1. The lowest BCUT2D eigenvalue weighted by Crippen LogP contribution is -2.38. The van der Waals surface area contributed by atoms with Crippen LogP contribution >= 0.6 is 11.8 Å². The molecule has 22 heavy (non-hydrogen) atoms. The molecule has 0 bridgehead atoms. The van der Waals surface area contributed by atoms with Crippen LogP contribution in [0, 0.1) is 0 Å². The van der Waals surface area contributed by atoms with Gasteiger partial charge >= 0.3 is 6.09 Å². The molecule has 2 N–H and O–H groups in total. The highest BCUT2D eigenvalue weighted by atomic mass is 32.2. The number of methoxy groups -OCH3 is 1. The lowest BCUT2D eigenvalue weighted by Gasteiger charge is -2.21. The molecule has 2 atom stereocenters. The second kappa shape index (κ2) is 10.3. The van der Waals surface area contributed by atoms with E-state index in [1.54, 1.807) is 7.11 Å². The zero-order valence-corrected chi connectivity index (χ0v) is 15.3. The van der Waals surface area contributed by atoms with Gasteiger partial charge in [-0.25, -0.2) is 4.79 Å². The van der Waals surface area contributed by atoms with E-state index in [-0.39, 0.29) is 6.09 Å². The molecule has 6 heteroatoms. The number of hydrogen-bond acceptors (Lipinski definition) is 5. The smallest absolute Gasteiger partial charge is 0.407 e. The van der Waals surface area contributed by atoms with Crippen LogP contribution in [0.4, 0.5) is 4.79 Å². The average molecular weight is 333 g/mol. The van der Waals surface area contributed by atoms with Gasteiger partial charge in [-0.1, -0.05) is 0 Å². The maximum Gasteiger partial charge on any atom is 0.407 e. The molecule has 1 saturated heterocycles. The number of alkyl carbamates (subject to hydrolysis) is 1. The molecule has 0 aromatic rings. The summed E-state index contributed by atoms with van der Waals surface area (Å²) in [5, 5.41) is 7.15. The largest absolute Gasteiger partial charge is 0.444 e. The van der Waals surface area contributed by atoms with E-state index in [0.29, 0.717) is 19.2 Å². The number of nitrogens with one attached hydrogen (secondary N) is 2. The molecule has 1 amide bonds. The van der Waals surface area contributed by atoms with E-state index >= 15 is 0 Å². The van der Waals surface area contributed by atoms with E-state index in [9.17, 15) is 4.79 Å². The SMILES string of the molecule is COCC(CCCNC(=O)OC(C)(C)C)NCC1CCCS1. The normalized spacial score (nSPS) is 19.9. The van der Waals surface area contributed by atoms with Crippen LogP contribution < -0.4 is 10.6 Å². The summed E-state index contributed by atoms with van der Waals surface area (Å²) in [4.78, 5) is 11.6. The molecule has 0 aromatic heterocycles. The van der Waals surface area contributed by atoms with Gasteiger partial charge in [0.2, 0.25) is 0 Å². The third kappa shape index (κ3) is 9.54. The minimum Gasteiger partial charge on any atom is -0.444 e. The Bertz CT molecular complexity index is 315. The number of ether oxygens (including phenoxy) is 2. The maximum atomic E-state index is 11.6. The van der Waals surface area contributed by atoms with Crippen molar-refractivity contribution in [2.75, 3.05) is 32.6 Å². The summed E-state index contributed by atoms with van der Waals surface area (Å²) in [6, 6.07) is 0.353. The van der Waals surface area contributed by atoms with E-state index in [1.807, 2.05) is 20.8 Å². The van der Waals surface area contributed by atoms with Gasteiger partial charge in [0.05, 0.1) is 6.61 Å². The Labute approximate surface area is 139 Å². The first-order valence-electron chi connectivity index (χ1n) is 8.21. The second-order valence-corrected chi connectivity index (χ2v) is 8.17. The van der Waals surface area contributed by atoms with Crippen LogP contribution in [0.3, 0.4) is 0 Å². The monoisotopic (exact) mass is 332 g/mol. The van der Waals surface area contributed by atoms with Crippen molar-refractivity contribution in [3.05, 3.63) is 0 Å². The summed E-state index contributed by atoms with van der Waals surface area (Å²) in [7, 11) is 1.73. The molecule has 2 unspecified atom stereocenters. The van der Waals surface area contributed by atoms with Gasteiger partial charge < -0.3 is 20.1 Å². The zero-order chi connectivity index (χ0) is 16.4. The van der Waals surface area contributed by atoms with Crippen molar-refractivity contribution in [3.63, 3.8) is 0 Å². The molecule has 0 saturated carbocycles. The van der Waals surface area contributed by atoms with Gasteiger partial charge in [-0.15, -0.1) is 0 Å². The summed E-state index contributed by atoms with van der Waals surface area (Å²) < 4.78 is 10.5. The van der Waals surface area contributed by atoms with Gasteiger partial charge in [0.15, 0.2) is 0 Å². The first kappa shape index (κ1) is 19.6. The van der Waals surface area contributed by atoms with Gasteiger partial charge in [-0.3, -0.25) is 0 Å². The summed E-state index contributed by atoms with van der Waals surface area (Å²) in [5.74, 6) is 1.29. The fourth-order valence-corrected chi connectivity index (χ4v) is 3.62. The van der Waals surface area contributed by atoms with E-state index in [2.05, 4.69) is 22.4 Å². The van der Waals surface area contributed by atoms with Crippen LogP contribution in [0.2, 0.25) is 0 Å². The fourth-order valence-electron chi connectivity index (χ4n) is 2.40. The van der Waals surface area contributed by atoms with Crippen molar-refractivity contribution in [1.29, 1.82) is 0 Å². The standard InChI is InChI=1S/C16H32N2O3S/c1-16(2,3)21-15(19)17-9-5-7-13(12-20-4)18-11-14-8-6-10-22-14/h13-14,18H,5-12H2,1-4H3,(H,17,19). The van der Waals surface area contributed by atoms with Crippen LogP contribution in [0.25, 0.3) is 0 Å². The molecule has 1 fully saturated rings. The third-order valence-corrected chi connectivity index (χ3v) is 4.82. The Morgan fingerprint density at radius 1 is 1.41 bits per heavy atom. The first-order chi connectivity index (χ1) is 10.4. The van der Waals surface area contributed by atoms with Gasteiger partial charge in [0.1, 0.15) is 5.60 Å². The van der Waals surface area contributed by atoms with E-state index in [1.165, 1.54) is 18.6 Å². The molecule has 1 aliphatic rings. The molecule has 0 aliphatic carbocycles. The summed E-state index contributed by atoms with van der Waals surface area (Å²) >= 11 is 2.06. The van der Waals surface area contributed by atoms with Crippen molar-refractivity contribution >= 4 is 17.9 Å². The van der Waals surface area contributed by atoms with Crippen LogP contribution in [-0.2, 0) is 9.47 Å². The number of hydrogen-bond donors (Lipinski definition) is 2. The molecule has 0 aromatic carbocycles. The van der Waals surface area contributed by atoms with E-state index in [0.717, 1.165) is 24.6 Å². The molecular weight excluding hydrogens is 300 g/mol. The van der Waals surface area contributed by atoms with Crippen molar-refractivity contribution < 1.29 is 14.3 Å². The minimum absolute atomic E-state index is 0.342. The maximum absolute atomic E-state index is 11.6. The highest BCUT2D eigenvalue weighted by Gasteiger charge is 2.18. The second-order valence-electron chi connectivity index (χ2n) is 6.77. The lowest BCUT2D eigenvalue weighted by molar-refractivity contribution is 0.0526. The van der Waals surface area contributed by atoms with Gasteiger partial charge in [-0.05, 0) is 52.2 Å². The first-order valence-corrected chi connectivity index (χ1v) is 9.26. The van der Waals surface area contributed by atoms with Gasteiger partial charge in [-0.2, -0.15) is 11.8 Å². The molecule has 0 spiro atoms. The van der Waals surface area contributed by atoms with Crippen molar-refractivity contribution in [3.8, 4) is 0 Å². The predicted molar refractivity (Wildman–Crippen MR) is 92.6 cm³/mol. The quantitative estimate of drug-likeness (QED) is 0.636. The van der Waals surface area contributed by atoms with Crippen molar-refractivity contribution in [2.24, 2.45) is 0 Å². The molecule has 130 valence electrons. The van der Waals surface area contributed by atoms with Crippen LogP contribution in [0.15, 0.2) is 0 Å². The van der Waals surface area contributed by atoms with E-state index < -0.39 is 5.60 Å². The van der Waals surface area contributed by atoms with Crippen LogP contribution in [-0.4, -0.2) is 55.5 Å². The van der Waals surface area contributed by atoms with Gasteiger partial charge in [0.25, 0.3) is 0 Å². The Hall–Kier alpha value is -0.460. The Morgan fingerprint density at radius 3 is 2.77 bits per heavy atom. The summed E-state index contributed by atoms with van der Waals surface area (Å²) in [6.45, 7) is 8.00. The van der Waals surface area contributed by atoms with Crippen molar-refractivity contribution in [1.82, 2.24) is 10.6 Å². The third-order valence-electron chi connectivity index (χ3n) is 3.42. The molecule has 1 heterocycles. The number of carbonyl (C=O) groups is 1. The highest BCUT2D eigenvalue weighted by Crippen LogP contribution is 2.25. The van der Waals surface area contributed by atoms with E-state index in [4.69, 9.17) is 9.47 Å². The molecule has 5 nitrogen and oxygen atoms in total. The zero-order valence-electron chi connectivity index (χ0n) is 14.4. The molecule has 1 rings (SSSR count). The Kier molecular flexibility index (Phi) is 9.21. The lowest BCUT2D eigenvalue weighted by atomic mass is 10.1. The molecular formula is C16H32N2O3S. The van der Waals surface area contributed by atoms with Gasteiger partial charge in [0, 0.05) is 31.5 Å². The minimum atomic E-state index is -0.441. The molecule has 0 radical (unpaired) electrons. The summed E-state index contributed by atoms with van der Waals surface area (Å²) in [5.41, 5.74) is -0.441. The molecule has 1 aliphatic heterocycles. The summed E-state index contributed by atoms with van der Waals surface area (Å²) in [6.07, 6.45) is 4.22. The highest BCUT2D eigenvalue weighted by molar-refractivity contribution is 8.00. The average Bonchev–Trinajstić information content (AvgIpc) is 2.92. The van der Waals surface area contributed by atoms with Crippen LogP contribution in [0.5, 0.6) is 0 Å². The number of rotatable bonds is 9. The Balaban J connectivity index is 2.13. The van der Waals surface area contributed by atoms with Crippen LogP contribution in [0.1, 0.15) is 46.5 Å². The number of carbonyl (C=O) groups excluding carboxylic acids is 1. The number of amides is 1. The van der Waals surface area contributed by atoms with Crippen molar-refractivity contribution in [2.45, 2.75) is 63.3 Å². The fraction of sp³-hybridized carbons (Fsp3) is 0.938. The Morgan fingerprint density at radius 2 is 2.18 bits per heavy atom. The topological polar surface area (TPSA) is 59.6 Å².